The van der Waals surface area contributed by atoms with Gasteiger partial charge in [-0.05, 0) is 48.9 Å². The Kier molecular flexibility index (Phi) is 5.92. The second-order valence-corrected chi connectivity index (χ2v) is 5.80. The molecule has 0 amide bonds. The number of nitrogens with one attached hydrogen (secondary N) is 1. The van der Waals surface area contributed by atoms with E-state index < -0.39 is 0 Å². The van der Waals surface area contributed by atoms with Crippen LogP contribution >= 0.6 is 15.9 Å². The predicted octanol–water partition coefficient (Wildman–Crippen LogP) is 3.21. The highest BCUT2D eigenvalue weighted by Crippen LogP contribution is 2.37. The molecule has 108 valence electrons. The van der Waals surface area contributed by atoms with E-state index in [-0.39, 0.29) is 17.4 Å². The molecule has 1 rings (SSSR count). The molecule has 0 saturated carbocycles. The molecule has 3 nitrogen and oxygen atoms in total. The summed E-state index contributed by atoms with van der Waals surface area (Å²) >= 11 is 3.23. The van der Waals surface area contributed by atoms with Crippen molar-refractivity contribution in [2.24, 2.45) is 5.84 Å². The molecule has 1 aromatic carbocycles. The van der Waals surface area contributed by atoms with Crippen LogP contribution in [0.2, 0.25) is 0 Å². The van der Waals surface area contributed by atoms with Gasteiger partial charge in [-0.3, -0.25) is 11.3 Å². The fraction of sp³-hybridized carbons (Fsp3) is 0.571. The van der Waals surface area contributed by atoms with E-state index in [0.29, 0.717) is 10.0 Å². The van der Waals surface area contributed by atoms with E-state index in [9.17, 15) is 4.39 Å². The molecule has 0 bridgehead atoms. The van der Waals surface area contributed by atoms with Gasteiger partial charge in [0.2, 0.25) is 0 Å². The van der Waals surface area contributed by atoms with Crippen LogP contribution in [0.3, 0.4) is 0 Å². The standard InChI is InChI=1S/C14H23BrFN3/c1-5-14(6-2,19(3)4)13(18-17)10-8-7-9-11(15)12(10)16/h7-9,13,18H,5-6,17H2,1-4H3. The summed E-state index contributed by atoms with van der Waals surface area (Å²) in [6, 6.07) is 5.05. The fourth-order valence-corrected chi connectivity index (χ4v) is 3.21. The molecule has 1 aromatic rings. The van der Waals surface area contributed by atoms with Crippen LogP contribution in [0.25, 0.3) is 0 Å². The molecule has 0 saturated heterocycles. The lowest BCUT2D eigenvalue weighted by atomic mass is 9.80. The number of hydrogen-bond acceptors (Lipinski definition) is 3. The molecule has 0 aliphatic rings. The molecule has 3 N–H and O–H groups in total. The Labute approximate surface area is 123 Å². The molecule has 0 fully saturated rings. The summed E-state index contributed by atoms with van der Waals surface area (Å²) in [4.78, 5) is 2.12. The maximum Gasteiger partial charge on any atom is 0.142 e. The van der Waals surface area contributed by atoms with Crippen molar-refractivity contribution in [2.75, 3.05) is 14.1 Å². The van der Waals surface area contributed by atoms with E-state index in [2.05, 4.69) is 40.1 Å². The van der Waals surface area contributed by atoms with Gasteiger partial charge in [-0.1, -0.05) is 26.0 Å². The molecule has 1 unspecified atom stereocenters. The Hall–Kier alpha value is -0.490. The molecule has 19 heavy (non-hydrogen) atoms. The molecular weight excluding hydrogens is 309 g/mol. The van der Waals surface area contributed by atoms with Crippen LogP contribution in [0.4, 0.5) is 4.39 Å². The van der Waals surface area contributed by atoms with Gasteiger partial charge in [0.25, 0.3) is 0 Å². The third-order valence-corrected chi connectivity index (χ3v) is 4.72. The third-order valence-electron chi connectivity index (χ3n) is 4.11. The lowest BCUT2D eigenvalue weighted by Gasteiger charge is -2.45. The Morgan fingerprint density at radius 2 is 1.95 bits per heavy atom. The lowest BCUT2D eigenvalue weighted by Crippen LogP contribution is -2.55. The minimum Gasteiger partial charge on any atom is -0.302 e. The van der Waals surface area contributed by atoms with Gasteiger partial charge in [0.1, 0.15) is 5.82 Å². The Balaban J connectivity index is 3.36. The predicted molar refractivity (Wildman–Crippen MR) is 81.2 cm³/mol. The van der Waals surface area contributed by atoms with Crippen LogP contribution in [-0.2, 0) is 0 Å². The number of benzene rings is 1. The van der Waals surface area contributed by atoms with Crippen molar-refractivity contribution in [1.82, 2.24) is 10.3 Å². The highest BCUT2D eigenvalue weighted by atomic mass is 79.9. The first-order valence-electron chi connectivity index (χ1n) is 6.52. The number of halogens is 2. The zero-order valence-electron chi connectivity index (χ0n) is 12.0. The highest BCUT2D eigenvalue weighted by Gasteiger charge is 2.39. The summed E-state index contributed by atoms with van der Waals surface area (Å²) in [5.41, 5.74) is 3.17. The number of nitrogens with zero attached hydrogens (tertiary/aromatic N) is 1. The van der Waals surface area contributed by atoms with Crippen LogP contribution in [0.5, 0.6) is 0 Å². The molecule has 5 heteroatoms. The van der Waals surface area contributed by atoms with E-state index in [0.717, 1.165) is 12.8 Å². The summed E-state index contributed by atoms with van der Waals surface area (Å²) in [6.07, 6.45) is 1.74. The molecule has 0 aromatic heterocycles. The number of hydrazine groups is 1. The summed E-state index contributed by atoms with van der Waals surface area (Å²) in [5, 5.41) is 0. The first-order valence-corrected chi connectivity index (χ1v) is 7.31. The largest absolute Gasteiger partial charge is 0.302 e. The molecule has 1 atom stereocenters. The van der Waals surface area contributed by atoms with E-state index in [1.54, 1.807) is 12.1 Å². The maximum atomic E-state index is 14.3. The minimum atomic E-state index is -0.269. The van der Waals surface area contributed by atoms with Gasteiger partial charge >= 0.3 is 0 Å². The van der Waals surface area contributed by atoms with Crippen LogP contribution in [0.15, 0.2) is 22.7 Å². The summed E-state index contributed by atoms with van der Waals surface area (Å²) in [7, 11) is 4.01. The second kappa shape index (κ2) is 6.79. The van der Waals surface area contributed by atoms with Gasteiger partial charge in [-0.15, -0.1) is 0 Å². The van der Waals surface area contributed by atoms with Gasteiger partial charge in [0.05, 0.1) is 10.5 Å². The van der Waals surface area contributed by atoms with E-state index in [1.807, 2.05) is 20.2 Å². The van der Waals surface area contributed by atoms with Gasteiger partial charge in [0, 0.05) is 11.1 Å². The smallest absolute Gasteiger partial charge is 0.142 e. The SMILES string of the molecule is CCC(CC)(C(NN)c1cccc(Br)c1F)N(C)C. The van der Waals surface area contributed by atoms with Crippen molar-refractivity contribution in [3.8, 4) is 0 Å². The Morgan fingerprint density at radius 1 is 1.37 bits per heavy atom. The lowest BCUT2D eigenvalue weighted by molar-refractivity contribution is 0.0864. The third kappa shape index (κ3) is 2.99. The van der Waals surface area contributed by atoms with E-state index in [1.165, 1.54) is 0 Å². The number of likely N-dealkylation sites (N-methyl/N-ethyl adjacent to an activating group) is 1. The topological polar surface area (TPSA) is 41.3 Å². The van der Waals surface area contributed by atoms with E-state index in [4.69, 9.17) is 5.84 Å². The first kappa shape index (κ1) is 16.6. The van der Waals surface area contributed by atoms with Crippen molar-refractivity contribution in [2.45, 2.75) is 38.3 Å². The molecule has 0 spiro atoms. The fourth-order valence-electron chi connectivity index (χ4n) is 2.83. The molecule has 0 heterocycles. The van der Waals surface area contributed by atoms with Crippen molar-refractivity contribution in [1.29, 1.82) is 0 Å². The van der Waals surface area contributed by atoms with Gasteiger partial charge < -0.3 is 4.90 Å². The second-order valence-electron chi connectivity index (χ2n) is 4.95. The van der Waals surface area contributed by atoms with Crippen LogP contribution in [-0.4, -0.2) is 24.5 Å². The quantitative estimate of drug-likeness (QED) is 0.621. The van der Waals surface area contributed by atoms with Crippen molar-refractivity contribution in [3.05, 3.63) is 34.1 Å². The Morgan fingerprint density at radius 3 is 2.37 bits per heavy atom. The number of rotatable bonds is 6. The summed E-state index contributed by atoms with van der Waals surface area (Å²) in [6.45, 7) is 4.20. The average molecular weight is 332 g/mol. The monoisotopic (exact) mass is 331 g/mol. The van der Waals surface area contributed by atoms with Crippen molar-refractivity contribution >= 4 is 15.9 Å². The van der Waals surface area contributed by atoms with Crippen molar-refractivity contribution in [3.63, 3.8) is 0 Å². The maximum absolute atomic E-state index is 14.3. The van der Waals surface area contributed by atoms with E-state index >= 15 is 0 Å². The minimum absolute atomic E-state index is 0.226. The number of nitrogens with two attached hydrogens (primary N) is 1. The van der Waals surface area contributed by atoms with Crippen molar-refractivity contribution < 1.29 is 4.39 Å². The van der Waals surface area contributed by atoms with Gasteiger partial charge in [-0.2, -0.15) is 0 Å². The van der Waals surface area contributed by atoms with Crippen LogP contribution in [0, 0.1) is 5.82 Å². The zero-order chi connectivity index (χ0) is 14.6. The van der Waals surface area contributed by atoms with Gasteiger partial charge in [0.15, 0.2) is 0 Å². The summed E-state index contributed by atoms with van der Waals surface area (Å²) < 4.78 is 14.8. The number of hydrogen-bond donors (Lipinski definition) is 2. The molecule has 0 aliphatic heterocycles. The first-order chi connectivity index (χ1) is 8.94. The molecular formula is C14H23BrFN3. The average Bonchev–Trinajstić information content (AvgIpc) is 2.39. The van der Waals surface area contributed by atoms with Gasteiger partial charge in [-0.25, -0.2) is 4.39 Å². The van der Waals surface area contributed by atoms with Crippen LogP contribution < -0.4 is 11.3 Å². The van der Waals surface area contributed by atoms with Crippen LogP contribution in [0.1, 0.15) is 38.3 Å². The summed E-state index contributed by atoms with van der Waals surface area (Å²) in [5.74, 6) is 5.49. The molecule has 0 aliphatic carbocycles. The highest BCUT2D eigenvalue weighted by molar-refractivity contribution is 9.10. The Bertz CT molecular complexity index is 419. The zero-order valence-corrected chi connectivity index (χ0v) is 13.6. The normalized spacial score (nSPS) is 13.9. The molecule has 0 radical (unpaired) electrons.